The van der Waals surface area contributed by atoms with E-state index in [1.165, 1.54) is 10.5 Å². The number of amides is 2. The highest BCUT2D eigenvalue weighted by molar-refractivity contribution is 6.03. The van der Waals surface area contributed by atoms with E-state index in [2.05, 4.69) is 22.0 Å². The van der Waals surface area contributed by atoms with E-state index < -0.39 is 0 Å². The summed E-state index contributed by atoms with van der Waals surface area (Å²) in [5.74, 6) is 0.722. The molecule has 1 aliphatic heterocycles. The normalized spacial score (nSPS) is 12.8. The third kappa shape index (κ3) is 4.68. The number of carbonyl (C=O) groups is 2. The van der Waals surface area contributed by atoms with Gasteiger partial charge in [-0.3, -0.25) is 9.59 Å². The van der Waals surface area contributed by atoms with E-state index in [-0.39, 0.29) is 24.8 Å². The minimum absolute atomic E-state index is 0.0846. The van der Waals surface area contributed by atoms with Gasteiger partial charge in [0.25, 0.3) is 0 Å². The number of fused-ring (bicyclic) bond motifs is 2. The van der Waals surface area contributed by atoms with Gasteiger partial charge >= 0.3 is 0 Å². The summed E-state index contributed by atoms with van der Waals surface area (Å²) >= 11 is 0. The number of carbonyl (C=O) groups excluding carboxylic acids is 2. The molecule has 1 N–H and O–H groups in total. The number of aromatic nitrogens is 1. The van der Waals surface area contributed by atoms with Crippen LogP contribution in [0.5, 0.6) is 11.5 Å². The molecule has 5 rings (SSSR count). The molecule has 0 unspecified atom stereocenters. The summed E-state index contributed by atoms with van der Waals surface area (Å²) < 4.78 is 12.9. The molecule has 0 saturated heterocycles. The Morgan fingerprint density at radius 1 is 0.972 bits per heavy atom. The van der Waals surface area contributed by atoms with Crippen LogP contribution in [-0.2, 0) is 22.6 Å². The summed E-state index contributed by atoms with van der Waals surface area (Å²) in [6, 6.07) is 21.7. The lowest BCUT2D eigenvalue weighted by Crippen LogP contribution is -2.34. The van der Waals surface area contributed by atoms with Crippen molar-refractivity contribution in [2.24, 2.45) is 0 Å². The van der Waals surface area contributed by atoms with Gasteiger partial charge in [-0.25, -0.2) is 0 Å². The molecule has 3 aromatic carbocycles. The highest BCUT2D eigenvalue weighted by Gasteiger charge is 2.22. The van der Waals surface area contributed by atoms with Crippen LogP contribution in [0.3, 0.4) is 0 Å². The minimum Gasteiger partial charge on any atom is -0.493 e. The Morgan fingerprint density at radius 2 is 1.75 bits per heavy atom. The number of nitrogens with zero attached hydrogens (tertiary/aromatic N) is 2. The minimum atomic E-state index is -0.266. The smallest absolute Gasteiger partial charge is 0.244 e. The second-order valence-electron chi connectivity index (χ2n) is 8.64. The third-order valence-corrected chi connectivity index (χ3v) is 6.34. The van der Waals surface area contributed by atoms with Crippen molar-refractivity contribution in [3.05, 3.63) is 95.8 Å². The van der Waals surface area contributed by atoms with Gasteiger partial charge in [0.1, 0.15) is 6.54 Å². The zero-order valence-corrected chi connectivity index (χ0v) is 20.2. The van der Waals surface area contributed by atoms with Crippen LogP contribution in [0, 0.1) is 0 Å². The number of rotatable bonds is 7. The number of benzene rings is 3. The molecule has 0 bridgehead atoms. The average Bonchev–Trinajstić information content (AvgIpc) is 3.23. The number of hydrogen-bond donors (Lipinski definition) is 1. The number of methoxy groups -OCH3 is 2. The van der Waals surface area contributed by atoms with Crippen molar-refractivity contribution in [3.63, 3.8) is 0 Å². The summed E-state index contributed by atoms with van der Waals surface area (Å²) in [5.41, 5.74) is 4.62. The Balaban J connectivity index is 1.31. The molecule has 0 spiro atoms. The number of hydrogen-bond acceptors (Lipinski definition) is 4. The van der Waals surface area contributed by atoms with Gasteiger partial charge in [-0.05, 0) is 53.1 Å². The largest absolute Gasteiger partial charge is 0.493 e. The lowest BCUT2D eigenvalue weighted by Gasteiger charge is -2.17. The van der Waals surface area contributed by atoms with Gasteiger partial charge in [-0.2, -0.15) is 0 Å². The zero-order valence-electron chi connectivity index (χ0n) is 20.2. The van der Waals surface area contributed by atoms with E-state index in [1.54, 1.807) is 26.5 Å². The molecule has 36 heavy (non-hydrogen) atoms. The molecule has 182 valence electrons. The van der Waals surface area contributed by atoms with Crippen LogP contribution in [0.25, 0.3) is 17.0 Å². The zero-order chi connectivity index (χ0) is 25.1. The van der Waals surface area contributed by atoms with E-state index in [0.717, 1.165) is 28.6 Å². The maximum atomic E-state index is 13.0. The summed E-state index contributed by atoms with van der Waals surface area (Å²) in [7, 11) is 3.13. The van der Waals surface area contributed by atoms with Gasteiger partial charge in [-0.15, -0.1) is 0 Å². The van der Waals surface area contributed by atoms with Crippen LogP contribution < -0.4 is 14.8 Å². The third-order valence-electron chi connectivity index (χ3n) is 6.34. The summed E-state index contributed by atoms with van der Waals surface area (Å²) in [5, 5.41) is 3.94. The molecular formula is C29H27N3O4. The summed E-state index contributed by atoms with van der Waals surface area (Å²) in [6.45, 7) is 0.656. The molecule has 0 radical (unpaired) electrons. The van der Waals surface area contributed by atoms with Crippen molar-refractivity contribution in [2.75, 3.05) is 26.1 Å². The molecule has 2 heterocycles. The summed E-state index contributed by atoms with van der Waals surface area (Å²) in [4.78, 5) is 27.3. The molecular weight excluding hydrogens is 454 g/mol. The topological polar surface area (TPSA) is 72.8 Å². The first-order valence-electron chi connectivity index (χ1n) is 11.7. The molecule has 0 atom stereocenters. The average molecular weight is 482 g/mol. The van der Waals surface area contributed by atoms with E-state index in [1.807, 2.05) is 60.8 Å². The molecule has 7 nitrogen and oxygen atoms in total. The van der Waals surface area contributed by atoms with Gasteiger partial charge in [0.15, 0.2) is 11.5 Å². The monoisotopic (exact) mass is 481 g/mol. The Kier molecular flexibility index (Phi) is 6.45. The first kappa shape index (κ1) is 23.2. The van der Waals surface area contributed by atoms with Crippen LogP contribution >= 0.6 is 0 Å². The second kappa shape index (κ2) is 10.00. The molecule has 2 amide bonds. The first-order chi connectivity index (χ1) is 17.6. The van der Waals surface area contributed by atoms with Crippen molar-refractivity contribution in [3.8, 4) is 11.5 Å². The Labute approximate surface area is 209 Å². The lowest BCUT2D eigenvalue weighted by molar-refractivity contribution is -0.131. The first-order valence-corrected chi connectivity index (χ1v) is 11.7. The molecule has 0 aliphatic carbocycles. The van der Waals surface area contributed by atoms with E-state index in [0.29, 0.717) is 17.2 Å². The maximum Gasteiger partial charge on any atom is 0.244 e. The van der Waals surface area contributed by atoms with Crippen LogP contribution in [0.1, 0.15) is 16.7 Å². The molecule has 7 heteroatoms. The number of ether oxygens (including phenoxy) is 2. The lowest BCUT2D eigenvalue weighted by atomic mass is 10.0. The molecule has 0 fully saturated rings. The van der Waals surface area contributed by atoms with Crippen LogP contribution in [-0.4, -0.2) is 42.0 Å². The quantitative estimate of drug-likeness (QED) is 0.415. The van der Waals surface area contributed by atoms with E-state index in [4.69, 9.17) is 9.47 Å². The SMILES string of the molecule is COc1cc2c(cc1OC)CC(=O)N(CC(=O)Nc1cccc3c1ccn3Cc1ccccc1)C=C2. The highest BCUT2D eigenvalue weighted by atomic mass is 16.5. The Morgan fingerprint density at radius 3 is 2.53 bits per heavy atom. The van der Waals surface area contributed by atoms with Crippen molar-refractivity contribution >= 4 is 34.5 Å². The number of anilines is 1. The summed E-state index contributed by atoms with van der Waals surface area (Å²) in [6.07, 6.45) is 5.65. The fraction of sp³-hybridized carbons (Fsp3) is 0.172. The second-order valence-corrected chi connectivity index (χ2v) is 8.64. The maximum absolute atomic E-state index is 13.0. The fourth-order valence-corrected chi connectivity index (χ4v) is 4.50. The molecule has 1 aromatic heterocycles. The number of nitrogens with one attached hydrogen (secondary N) is 1. The van der Waals surface area contributed by atoms with Gasteiger partial charge in [0, 0.05) is 24.3 Å². The Hall–Kier alpha value is -4.52. The van der Waals surface area contributed by atoms with Gasteiger partial charge in [0.05, 0.1) is 31.8 Å². The van der Waals surface area contributed by atoms with Crippen LogP contribution in [0.15, 0.2) is 79.1 Å². The van der Waals surface area contributed by atoms with E-state index in [9.17, 15) is 9.59 Å². The molecule has 1 aliphatic rings. The van der Waals surface area contributed by atoms with Crippen molar-refractivity contribution in [2.45, 2.75) is 13.0 Å². The molecule has 4 aromatic rings. The van der Waals surface area contributed by atoms with Gasteiger partial charge < -0.3 is 24.3 Å². The molecule has 0 saturated carbocycles. The fourth-order valence-electron chi connectivity index (χ4n) is 4.50. The van der Waals surface area contributed by atoms with Crippen LogP contribution in [0.2, 0.25) is 0 Å². The predicted molar refractivity (Wildman–Crippen MR) is 140 cm³/mol. The van der Waals surface area contributed by atoms with Crippen molar-refractivity contribution < 1.29 is 19.1 Å². The standard InChI is InChI=1S/C29H27N3O4/c1-35-26-15-21-11-13-32(29(34)17-22(21)16-27(26)36-2)19-28(33)30-24-9-6-10-25-23(24)12-14-31(25)18-20-7-4-3-5-8-20/h3-16H,17-19H2,1-2H3,(H,30,33). The highest BCUT2D eigenvalue weighted by Crippen LogP contribution is 2.33. The van der Waals surface area contributed by atoms with E-state index >= 15 is 0 Å². The predicted octanol–water partition coefficient (Wildman–Crippen LogP) is 4.70. The Bertz CT molecular complexity index is 1460. The van der Waals surface area contributed by atoms with Crippen LogP contribution in [0.4, 0.5) is 5.69 Å². The van der Waals surface area contributed by atoms with Gasteiger partial charge in [-0.1, -0.05) is 36.4 Å². The van der Waals surface area contributed by atoms with Crippen molar-refractivity contribution in [1.82, 2.24) is 9.47 Å². The van der Waals surface area contributed by atoms with Gasteiger partial charge in [0.2, 0.25) is 11.8 Å². The van der Waals surface area contributed by atoms with Crippen molar-refractivity contribution in [1.29, 1.82) is 0 Å².